The molecule has 0 spiro atoms. The molecule has 196 valence electrons. The van der Waals surface area contributed by atoms with E-state index in [1.54, 1.807) is 12.3 Å². The van der Waals surface area contributed by atoms with Crippen LogP contribution in [0.3, 0.4) is 0 Å². The van der Waals surface area contributed by atoms with Crippen LogP contribution in [-0.2, 0) is 12.0 Å². The second-order valence-electron chi connectivity index (χ2n) is 10.4. The number of nitrogens with zero attached hydrogens (tertiary/aromatic N) is 2. The van der Waals surface area contributed by atoms with Crippen molar-refractivity contribution >= 4 is 29.2 Å². The standard InChI is InChI=1S/C30H28Cl2N2O4/c1-16(2)28-21(27(34-38-28)26-17(3)6-5-7-24(26)31)15-37-20-8-9-22(25(32)11-20)30(4)12-23(30)18-10-19(29(35)36)14-33-13-18/h5-11,13-14,16,23H,12,15H2,1-4H3,(H,35,36). The second kappa shape index (κ2) is 10.1. The van der Waals surface area contributed by atoms with Gasteiger partial charge in [-0.15, -0.1) is 0 Å². The van der Waals surface area contributed by atoms with Gasteiger partial charge in [-0.25, -0.2) is 4.79 Å². The average molecular weight is 551 g/mol. The number of rotatable bonds is 8. The van der Waals surface area contributed by atoms with E-state index in [0.717, 1.165) is 40.0 Å². The Morgan fingerprint density at radius 3 is 2.66 bits per heavy atom. The van der Waals surface area contributed by atoms with Crippen molar-refractivity contribution in [2.45, 2.75) is 58.0 Å². The lowest BCUT2D eigenvalue weighted by molar-refractivity contribution is 0.0696. The Balaban J connectivity index is 1.38. The van der Waals surface area contributed by atoms with Gasteiger partial charge in [0.05, 0.1) is 16.1 Å². The van der Waals surface area contributed by atoms with Crippen molar-refractivity contribution in [1.82, 2.24) is 10.1 Å². The largest absolute Gasteiger partial charge is 0.489 e. The first-order valence-corrected chi connectivity index (χ1v) is 13.2. The highest BCUT2D eigenvalue weighted by Crippen LogP contribution is 2.61. The maximum Gasteiger partial charge on any atom is 0.337 e. The summed E-state index contributed by atoms with van der Waals surface area (Å²) in [5.41, 5.74) is 5.27. The molecule has 1 aliphatic rings. The third-order valence-corrected chi connectivity index (χ3v) is 8.01. The van der Waals surface area contributed by atoms with Gasteiger partial charge in [0.2, 0.25) is 0 Å². The van der Waals surface area contributed by atoms with Gasteiger partial charge in [0.25, 0.3) is 0 Å². The van der Waals surface area contributed by atoms with Crippen LogP contribution in [0.5, 0.6) is 5.75 Å². The predicted molar refractivity (Wildman–Crippen MR) is 147 cm³/mol. The van der Waals surface area contributed by atoms with E-state index in [1.165, 1.54) is 6.20 Å². The van der Waals surface area contributed by atoms with Gasteiger partial charge >= 0.3 is 5.97 Å². The molecule has 0 aliphatic heterocycles. The van der Waals surface area contributed by atoms with Crippen molar-refractivity contribution in [3.8, 4) is 17.0 Å². The van der Waals surface area contributed by atoms with Gasteiger partial charge in [-0.05, 0) is 60.2 Å². The normalized spacial score (nSPS) is 18.6. The van der Waals surface area contributed by atoms with E-state index < -0.39 is 5.97 Å². The molecule has 38 heavy (non-hydrogen) atoms. The highest BCUT2D eigenvalue weighted by molar-refractivity contribution is 6.33. The molecule has 1 saturated carbocycles. The number of pyridine rings is 1. The van der Waals surface area contributed by atoms with E-state index in [2.05, 4.69) is 17.1 Å². The fraction of sp³-hybridized carbons (Fsp3) is 0.300. The molecule has 2 aromatic heterocycles. The number of carbonyl (C=O) groups is 1. The fourth-order valence-electron chi connectivity index (χ4n) is 5.16. The topological polar surface area (TPSA) is 85.5 Å². The molecule has 2 unspecified atom stereocenters. The van der Waals surface area contributed by atoms with Crippen molar-refractivity contribution < 1.29 is 19.2 Å². The zero-order valence-electron chi connectivity index (χ0n) is 21.6. The number of hydrogen-bond acceptors (Lipinski definition) is 5. The smallest absolute Gasteiger partial charge is 0.337 e. The Morgan fingerprint density at radius 2 is 1.97 bits per heavy atom. The van der Waals surface area contributed by atoms with Crippen LogP contribution in [-0.4, -0.2) is 21.2 Å². The molecule has 1 aliphatic carbocycles. The number of halogens is 2. The van der Waals surface area contributed by atoms with E-state index >= 15 is 0 Å². The highest BCUT2D eigenvalue weighted by atomic mass is 35.5. The Morgan fingerprint density at radius 1 is 1.18 bits per heavy atom. The van der Waals surface area contributed by atoms with Gasteiger partial charge in [-0.3, -0.25) is 4.98 Å². The molecular weight excluding hydrogens is 523 g/mol. The Kier molecular flexibility index (Phi) is 6.97. The van der Waals surface area contributed by atoms with Crippen LogP contribution >= 0.6 is 23.2 Å². The third kappa shape index (κ3) is 4.79. The van der Waals surface area contributed by atoms with E-state index in [0.29, 0.717) is 21.5 Å². The number of aryl methyl sites for hydroxylation is 1. The summed E-state index contributed by atoms with van der Waals surface area (Å²) in [6.07, 6.45) is 3.96. The molecule has 4 aromatic rings. The summed E-state index contributed by atoms with van der Waals surface area (Å²) in [4.78, 5) is 15.5. The minimum absolute atomic E-state index is 0.115. The molecule has 2 atom stereocenters. The Labute approximate surface area is 231 Å². The van der Waals surface area contributed by atoms with Crippen LogP contribution in [0.2, 0.25) is 10.0 Å². The summed E-state index contributed by atoms with van der Waals surface area (Å²) >= 11 is 13.3. The number of hydrogen-bond donors (Lipinski definition) is 1. The monoisotopic (exact) mass is 550 g/mol. The van der Waals surface area contributed by atoms with Crippen molar-refractivity contribution in [2.24, 2.45) is 0 Å². The van der Waals surface area contributed by atoms with Crippen LogP contribution < -0.4 is 4.74 Å². The lowest BCUT2D eigenvalue weighted by atomic mass is 9.92. The molecule has 0 amide bonds. The third-order valence-electron chi connectivity index (χ3n) is 7.39. The maximum atomic E-state index is 11.4. The molecule has 0 bridgehead atoms. The molecule has 0 radical (unpaired) electrons. The Bertz CT molecular complexity index is 1510. The fourth-order valence-corrected chi connectivity index (χ4v) is 5.86. The summed E-state index contributed by atoms with van der Waals surface area (Å²) in [6.45, 7) is 8.48. The van der Waals surface area contributed by atoms with Gasteiger partial charge in [-0.2, -0.15) is 0 Å². The first kappa shape index (κ1) is 26.3. The SMILES string of the molecule is Cc1cccc(Cl)c1-c1noc(C(C)C)c1COc1ccc(C2(C)CC2c2cncc(C(=O)O)c2)c(Cl)c1. The van der Waals surface area contributed by atoms with E-state index in [9.17, 15) is 9.90 Å². The molecular formula is C30H28Cl2N2O4. The Hall–Kier alpha value is -3.35. The van der Waals surface area contributed by atoms with Gasteiger partial charge in [0.15, 0.2) is 0 Å². The molecule has 5 rings (SSSR count). The summed E-state index contributed by atoms with van der Waals surface area (Å²) in [6, 6.07) is 13.2. The van der Waals surface area contributed by atoms with Crippen LogP contribution in [0.4, 0.5) is 0 Å². The molecule has 1 N–H and O–H groups in total. The summed E-state index contributed by atoms with van der Waals surface area (Å²) in [5.74, 6) is 0.664. The van der Waals surface area contributed by atoms with Crippen molar-refractivity contribution in [3.63, 3.8) is 0 Å². The zero-order valence-corrected chi connectivity index (χ0v) is 23.1. The second-order valence-corrected chi connectivity index (χ2v) is 11.2. The van der Waals surface area contributed by atoms with Gasteiger partial charge < -0.3 is 14.4 Å². The zero-order chi connectivity index (χ0) is 27.2. The summed E-state index contributed by atoms with van der Waals surface area (Å²) < 4.78 is 11.9. The number of carboxylic acid groups (broad SMARTS) is 1. The van der Waals surface area contributed by atoms with Gasteiger partial charge in [0, 0.05) is 34.3 Å². The molecule has 2 aromatic carbocycles. The maximum absolute atomic E-state index is 11.4. The minimum Gasteiger partial charge on any atom is -0.489 e. The molecule has 0 saturated heterocycles. The quantitative estimate of drug-likeness (QED) is 0.238. The molecule has 1 fully saturated rings. The first-order chi connectivity index (χ1) is 18.1. The van der Waals surface area contributed by atoms with Crippen LogP contribution in [0, 0.1) is 6.92 Å². The number of benzene rings is 2. The van der Waals surface area contributed by atoms with Crippen molar-refractivity contribution in [2.75, 3.05) is 0 Å². The van der Waals surface area contributed by atoms with Gasteiger partial charge in [-0.1, -0.05) is 67.3 Å². The lowest BCUT2D eigenvalue weighted by Crippen LogP contribution is -2.07. The van der Waals surface area contributed by atoms with E-state index in [1.807, 2.05) is 57.2 Å². The number of aromatic nitrogens is 2. The predicted octanol–water partition coefficient (Wildman–Crippen LogP) is 8.20. The summed E-state index contributed by atoms with van der Waals surface area (Å²) in [7, 11) is 0. The molecule has 8 heteroatoms. The van der Waals surface area contributed by atoms with Crippen LogP contribution in [0.15, 0.2) is 59.4 Å². The first-order valence-electron chi connectivity index (χ1n) is 12.4. The minimum atomic E-state index is -0.984. The summed E-state index contributed by atoms with van der Waals surface area (Å²) in [5, 5.41) is 14.9. The van der Waals surface area contributed by atoms with Crippen molar-refractivity contribution in [3.05, 3.63) is 98.5 Å². The highest BCUT2D eigenvalue weighted by Gasteiger charge is 2.53. The number of carboxylic acids is 1. The van der Waals surface area contributed by atoms with Gasteiger partial charge in [0.1, 0.15) is 23.8 Å². The lowest BCUT2D eigenvalue weighted by Gasteiger charge is -2.16. The number of aromatic carboxylic acids is 1. The van der Waals surface area contributed by atoms with E-state index in [-0.39, 0.29) is 29.4 Å². The van der Waals surface area contributed by atoms with Crippen molar-refractivity contribution in [1.29, 1.82) is 0 Å². The average Bonchev–Trinajstić information content (AvgIpc) is 3.39. The van der Waals surface area contributed by atoms with Crippen LogP contribution in [0.25, 0.3) is 11.3 Å². The molecule has 6 nitrogen and oxygen atoms in total. The van der Waals surface area contributed by atoms with Crippen LogP contribution in [0.1, 0.15) is 77.4 Å². The molecule has 2 heterocycles. The number of ether oxygens (including phenoxy) is 1. The van der Waals surface area contributed by atoms with E-state index in [4.69, 9.17) is 32.5 Å².